The average Bonchev–Trinajstić information content (AvgIpc) is 2.74. The fourth-order valence-electron chi connectivity index (χ4n) is 2.76. The van der Waals surface area contributed by atoms with Gasteiger partial charge >= 0.3 is 5.76 Å². The van der Waals surface area contributed by atoms with E-state index in [0.717, 1.165) is 43.8 Å². The van der Waals surface area contributed by atoms with E-state index in [9.17, 15) is 9.59 Å². The highest BCUT2D eigenvalue weighted by molar-refractivity contribution is 5.74. The lowest BCUT2D eigenvalue weighted by Crippen LogP contribution is -2.47. The number of benzene rings is 1. The molecule has 0 bridgehead atoms. The molecule has 6 heteroatoms. The summed E-state index contributed by atoms with van der Waals surface area (Å²) >= 11 is 0. The van der Waals surface area contributed by atoms with E-state index >= 15 is 0 Å². The molecule has 6 nitrogen and oxygen atoms in total. The minimum atomic E-state index is -0.336. The molecule has 2 aromatic rings. The number of aryl methyl sites for hydroxylation is 1. The van der Waals surface area contributed by atoms with Gasteiger partial charge in [0.05, 0.1) is 5.52 Å². The van der Waals surface area contributed by atoms with E-state index in [-0.39, 0.29) is 11.7 Å². The van der Waals surface area contributed by atoms with E-state index in [4.69, 9.17) is 4.42 Å². The molecule has 112 valence electrons. The smallest absolute Gasteiger partial charge is 0.408 e. The molecule has 1 aromatic carbocycles. The molecule has 0 spiro atoms. The van der Waals surface area contributed by atoms with Crippen molar-refractivity contribution in [3.8, 4) is 0 Å². The van der Waals surface area contributed by atoms with Crippen molar-refractivity contribution in [1.82, 2.24) is 14.4 Å². The monoisotopic (exact) mass is 289 g/mol. The van der Waals surface area contributed by atoms with E-state index < -0.39 is 0 Å². The number of rotatable bonds is 2. The van der Waals surface area contributed by atoms with Crippen LogP contribution in [0.15, 0.2) is 27.4 Å². The molecule has 1 saturated heterocycles. The van der Waals surface area contributed by atoms with E-state index in [0.29, 0.717) is 5.58 Å². The van der Waals surface area contributed by atoms with Gasteiger partial charge in [0.1, 0.15) is 0 Å². The first kappa shape index (κ1) is 13.9. The summed E-state index contributed by atoms with van der Waals surface area (Å²) in [6, 6.07) is 5.87. The average molecular weight is 289 g/mol. The summed E-state index contributed by atoms with van der Waals surface area (Å²) in [5.74, 6) is -0.195. The summed E-state index contributed by atoms with van der Waals surface area (Å²) in [7, 11) is 1.70. The molecule has 1 fully saturated rings. The van der Waals surface area contributed by atoms with Crippen LogP contribution in [0.1, 0.15) is 12.5 Å². The third-order valence-electron chi connectivity index (χ3n) is 4.08. The molecule has 0 saturated carbocycles. The van der Waals surface area contributed by atoms with Gasteiger partial charge < -0.3 is 9.32 Å². The van der Waals surface area contributed by atoms with Crippen LogP contribution in [0.2, 0.25) is 0 Å². The molecule has 1 amide bonds. The Kier molecular flexibility index (Phi) is 3.55. The second-order valence-corrected chi connectivity index (χ2v) is 5.51. The summed E-state index contributed by atoms with van der Waals surface area (Å²) in [6.45, 7) is 5.71. The number of amides is 1. The normalized spacial score (nSPS) is 16.6. The Bertz CT molecular complexity index is 723. The van der Waals surface area contributed by atoms with Gasteiger partial charge in [0.15, 0.2) is 5.58 Å². The zero-order valence-corrected chi connectivity index (χ0v) is 12.3. The van der Waals surface area contributed by atoms with Crippen LogP contribution in [0.3, 0.4) is 0 Å². The number of carbonyl (C=O) groups is 1. The van der Waals surface area contributed by atoms with Crippen molar-refractivity contribution in [3.05, 3.63) is 34.3 Å². The van der Waals surface area contributed by atoms with E-state index in [1.807, 2.05) is 23.1 Å². The largest absolute Gasteiger partial charge is 0.419 e. The zero-order valence-electron chi connectivity index (χ0n) is 12.3. The molecular formula is C15H19N3O3. The first-order chi connectivity index (χ1) is 10.0. The Balaban J connectivity index is 1.71. The topological polar surface area (TPSA) is 58.7 Å². The molecule has 1 aromatic heterocycles. The molecular weight excluding hydrogens is 270 g/mol. The van der Waals surface area contributed by atoms with Crippen LogP contribution in [-0.4, -0.2) is 46.5 Å². The van der Waals surface area contributed by atoms with Crippen LogP contribution < -0.4 is 5.76 Å². The van der Waals surface area contributed by atoms with Crippen molar-refractivity contribution in [2.45, 2.75) is 13.5 Å². The van der Waals surface area contributed by atoms with Gasteiger partial charge in [0, 0.05) is 46.7 Å². The van der Waals surface area contributed by atoms with Crippen LogP contribution in [0.4, 0.5) is 0 Å². The highest BCUT2D eigenvalue weighted by Crippen LogP contribution is 2.16. The fraction of sp³-hybridized carbons (Fsp3) is 0.467. The SMILES string of the molecule is CC(=O)N1CCN(Cc2ccc3c(c2)oc(=O)n3C)CC1. The number of nitrogens with zero attached hydrogens (tertiary/aromatic N) is 3. The minimum absolute atomic E-state index is 0.141. The van der Waals surface area contributed by atoms with Gasteiger partial charge in [-0.3, -0.25) is 14.3 Å². The maximum atomic E-state index is 11.5. The number of fused-ring (bicyclic) bond motifs is 1. The molecule has 0 unspecified atom stereocenters. The number of aromatic nitrogens is 1. The van der Waals surface area contributed by atoms with Crippen molar-refractivity contribution >= 4 is 17.0 Å². The zero-order chi connectivity index (χ0) is 15.0. The number of hydrogen-bond acceptors (Lipinski definition) is 4. The second-order valence-electron chi connectivity index (χ2n) is 5.51. The molecule has 3 rings (SSSR count). The van der Waals surface area contributed by atoms with Crippen LogP contribution in [-0.2, 0) is 18.4 Å². The number of carbonyl (C=O) groups excluding carboxylic acids is 1. The Labute approximate surface area is 122 Å². The van der Waals surface area contributed by atoms with Crippen molar-refractivity contribution in [3.63, 3.8) is 0 Å². The van der Waals surface area contributed by atoms with Crippen molar-refractivity contribution in [2.75, 3.05) is 26.2 Å². The van der Waals surface area contributed by atoms with E-state index in [1.165, 1.54) is 4.57 Å². The standard InChI is InChI=1S/C15H19N3O3/c1-11(19)18-7-5-17(6-8-18)10-12-3-4-13-14(9-12)21-15(20)16(13)2/h3-4,9H,5-8,10H2,1-2H3. The van der Waals surface area contributed by atoms with E-state index in [2.05, 4.69) is 4.90 Å². The molecule has 1 aliphatic heterocycles. The number of oxazole rings is 1. The molecule has 0 aliphatic carbocycles. The predicted molar refractivity (Wildman–Crippen MR) is 79.0 cm³/mol. The summed E-state index contributed by atoms with van der Waals surface area (Å²) in [5, 5.41) is 0. The molecule has 2 heterocycles. The Hall–Kier alpha value is -2.08. The van der Waals surface area contributed by atoms with Crippen LogP contribution in [0, 0.1) is 0 Å². The van der Waals surface area contributed by atoms with Gasteiger partial charge in [0.25, 0.3) is 0 Å². The van der Waals surface area contributed by atoms with Crippen LogP contribution >= 0.6 is 0 Å². The quantitative estimate of drug-likeness (QED) is 0.820. The van der Waals surface area contributed by atoms with Crippen molar-refractivity contribution in [2.24, 2.45) is 7.05 Å². The Morgan fingerprint density at radius 3 is 2.62 bits per heavy atom. The van der Waals surface area contributed by atoms with Gasteiger partial charge in [-0.05, 0) is 17.7 Å². The first-order valence-corrected chi connectivity index (χ1v) is 7.11. The molecule has 1 aliphatic rings. The minimum Gasteiger partial charge on any atom is -0.408 e. The lowest BCUT2D eigenvalue weighted by Gasteiger charge is -2.34. The lowest BCUT2D eigenvalue weighted by atomic mass is 10.2. The maximum absolute atomic E-state index is 11.5. The Morgan fingerprint density at radius 2 is 1.95 bits per heavy atom. The van der Waals surface area contributed by atoms with Crippen molar-refractivity contribution in [1.29, 1.82) is 0 Å². The van der Waals surface area contributed by atoms with E-state index in [1.54, 1.807) is 14.0 Å². The predicted octanol–water partition coefficient (Wildman–Crippen LogP) is 0.796. The van der Waals surface area contributed by atoms with Crippen molar-refractivity contribution < 1.29 is 9.21 Å². The maximum Gasteiger partial charge on any atom is 0.419 e. The molecule has 0 N–H and O–H groups in total. The summed E-state index contributed by atoms with van der Waals surface area (Å²) < 4.78 is 6.72. The van der Waals surface area contributed by atoms with Crippen LogP contribution in [0.5, 0.6) is 0 Å². The highest BCUT2D eigenvalue weighted by Gasteiger charge is 2.18. The highest BCUT2D eigenvalue weighted by atomic mass is 16.4. The van der Waals surface area contributed by atoms with Gasteiger partial charge in [-0.1, -0.05) is 6.07 Å². The van der Waals surface area contributed by atoms with Gasteiger partial charge in [-0.15, -0.1) is 0 Å². The third kappa shape index (κ3) is 2.71. The molecule has 0 atom stereocenters. The molecule has 0 radical (unpaired) electrons. The number of piperazine rings is 1. The van der Waals surface area contributed by atoms with Gasteiger partial charge in [-0.2, -0.15) is 0 Å². The second kappa shape index (κ2) is 5.37. The fourth-order valence-corrected chi connectivity index (χ4v) is 2.76. The summed E-state index contributed by atoms with van der Waals surface area (Å²) in [5.41, 5.74) is 2.56. The first-order valence-electron chi connectivity index (χ1n) is 7.11. The Morgan fingerprint density at radius 1 is 1.24 bits per heavy atom. The number of hydrogen-bond donors (Lipinski definition) is 0. The molecule has 21 heavy (non-hydrogen) atoms. The summed E-state index contributed by atoms with van der Waals surface area (Å²) in [4.78, 5) is 27.0. The lowest BCUT2D eigenvalue weighted by molar-refractivity contribution is -0.130. The van der Waals surface area contributed by atoms with Gasteiger partial charge in [0.2, 0.25) is 5.91 Å². The van der Waals surface area contributed by atoms with Gasteiger partial charge in [-0.25, -0.2) is 4.79 Å². The third-order valence-corrected chi connectivity index (χ3v) is 4.08. The van der Waals surface area contributed by atoms with Crippen LogP contribution in [0.25, 0.3) is 11.1 Å². The summed E-state index contributed by atoms with van der Waals surface area (Å²) in [6.07, 6.45) is 0.